The molecule has 0 fully saturated rings. The number of hydrogen-bond acceptors (Lipinski definition) is 7. The molecule has 3 aromatic carbocycles. The molecular weight excluding hydrogens is 496 g/mol. The van der Waals surface area contributed by atoms with Gasteiger partial charge in [-0.2, -0.15) is 0 Å². The lowest BCUT2D eigenvalue weighted by atomic mass is 10.1. The monoisotopic (exact) mass is 534 g/mol. The molecule has 0 radical (unpaired) electrons. The molecule has 0 saturated heterocycles. The van der Waals surface area contributed by atoms with Crippen molar-refractivity contribution in [3.05, 3.63) is 83.4 Å². The van der Waals surface area contributed by atoms with Crippen LogP contribution in [0.2, 0.25) is 0 Å². The highest BCUT2D eigenvalue weighted by atomic mass is 16.5. The van der Waals surface area contributed by atoms with Crippen molar-refractivity contribution in [1.29, 1.82) is 0 Å². The van der Waals surface area contributed by atoms with Gasteiger partial charge >= 0.3 is 0 Å². The third kappa shape index (κ3) is 8.28. The number of methoxy groups -OCH3 is 1. The van der Waals surface area contributed by atoms with E-state index in [1.54, 1.807) is 54.4 Å². The minimum Gasteiger partial charge on any atom is -0.495 e. The molecule has 0 heterocycles. The Morgan fingerprint density at radius 2 is 1.62 bits per heavy atom. The maximum atomic E-state index is 13.4. The maximum Gasteiger partial charge on any atom is 0.259 e. The molecule has 2 amide bonds. The van der Waals surface area contributed by atoms with Gasteiger partial charge in [0.05, 0.1) is 31.6 Å². The number of carbonyl (C=O) groups is 2. The average Bonchev–Trinajstić information content (AvgIpc) is 2.97. The number of anilines is 2. The van der Waals surface area contributed by atoms with Crippen molar-refractivity contribution in [3.63, 3.8) is 0 Å². The number of unbranched alkanes of at least 4 members (excludes halogenated alkanes) is 1. The van der Waals surface area contributed by atoms with Gasteiger partial charge in [0.15, 0.2) is 0 Å². The first-order valence-electron chi connectivity index (χ1n) is 13.0. The summed E-state index contributed by atoms with van der Waals surface area (Å²) >= 11 is 0. The van der Waals surface area contributed by atoms with Gasteiger partial charge in [0.2, 0.25) is 0 Å². The van der Waals surface area contributed by atoms with E-state index in [9.17, 15) is 9.59 Å². The summed E-state index contributed by atoms with van der Waals surface area (Å²) in [7, 11) is 3.21. The van der Waals surface area contributed by atoms with Crippen LogP contribution >= 0.6 is 0 Å². The smallest absolute Gasteiger partial charge is 0.259 e. The Morgan fingerprint density at radius 3 is 2.38 bits per heavy atom. The van der Waals surface area contributed by atoms with Crippen LogP contribution in [-0.4, -0.2) is 52.3 Å². The highest BCUT2D eigenvalue weighted by Gasteiger charge is 2.20. The number of ether oxygens (including phenoxy) is 3. The van der Waals surface area contributed by atoms with Gasteiger partial charge in [0.25, 0.3) is 11.8 Å². The predicted molar refractivity (Wildman–Crippen MR) is 154 cm³/mol. The molecule has 39 heavy (non-hydrogen) atoms. The van der Waals surface area contributed by atoms with Crippen molar-refractivity contribution in [3.8, 4) is 11.5 Å². The van der Waals surface area contributed by atoms with Crippen molar-refractivity contribution >= 4 is 23.2 Å². The number of rotatable bonds is 15. The van der Waals surface area contributed by atoms with Gasteiger partial charge in [-0.3, -0.25) is 9.59 Å². The van der Waals surface area contributed by atoms with Crippen LogP contribution in [0, 0.1) is 0 Å². The summed E-state index contributed by atoms with van der Waals surface area (Å²) in [5.41, 5.74) is 14.0. The Labute approximate surface area is 230 Å². The molecule has 0 saturated carbocycles. The van der Waals surface area contributed by atoms with Crippen LogP contribution in [0.25, 0.3) is 0 Å². The van der Waals surface area contributed by atoms with Crippen LogP contribution in [0.1, 0.15) is 45.5 Å². The summed E-state index contributed by atoms with van der Waals surface area (Å²) in [6, 6.07) is 19.6. The zero-order valence-corrected chi connectivity index (χ0v) is 22.7. The normalized spacial score (nSPS) is 10.7. The SMILES string of the molecule is COc1cc(C(=O)N(C)c2ccccc2COCCCCN)ccc1NC(=O)c1ccccc1OCCCN. The lowest BCUT2D eigenvalue weighted by Crippen LogP contribution is -2.27. The van der Waals surface area contributed by atoms with E-state index in [4.69, 9.17) is 25.7 Å². The molecule has 0 aliphatic heterocycles. The molecule has 3 aromatic rings. The lowest BCUT2D eigenvalue weighted by Gasteiger charge is -2.21. The summed E-state index contributed by atoms with van der Waals surface area (Å²) in [5.74, 6) is 0.257. The number of nitrogens with zero attached hydrogens (tertiary/aromatic N) is 1. The fraction of sp³-hybridized carbons (Fsp3) is 0.333. The molecule has 9 nitrogen and oxygen atoms in total. The number of nitrogens with one attached hydrogen (secondary N) is 1. The number of hydrogen-bond donors (Lipinski definition) is 3. The fourth-order valence-electron chi connectivity index (χ4n) is 3.96. The zero-order chi connectivity index (χ0) is 28.0. The second-order valence-corrected chi connectivity index (χ2v) is 8.90. The Morgan fingerprint density at radius 1 is 0.872 bits per heavy atom. The molecule has 0 atom stereocenters. The standard InChI is InChI=1S/C30H38N4O5/c1-34(26-12-5-3-10-23(26)21-38-18-8-7-16-31)30(36)22-14-15-25(28(20-22)37-2)33-29(35)24-11-4-6-13-27(24)39-19-9-17-32/h3-6,10-15,20H,7-9,16-19,21,31-32H2,1-2H3,(H,33,35). The van der Waals surface area contributed by atoms with Crippen LogP contribution in [0.3, 0.4) is 0 Å². The molecule has 0 spiro atoms. The topological polar surface area (TPSA) is 129 Å². The van der Waals surface area contributed by atoms with Crippen molar-refractivity contribution in [2.75, 3.05) is 50.7 Å². The van der Waals surface area contributed by atoms with E-state index in [1.807, 2.05) is 24.3 Å². The molecule has 0 aliphatic carbocycles. The van der Waals surface area contributed by atoms with Crippen molar-refractivity contribution in [1.82, 2.24) is 0 Å². The molecular formula is C30H38N4O5. The fourth-order valence-corrected chi connectivity index (χ4v) is 3.96. The van der Waals surface area contributed by atoms with Gasteiger partial charge in [-0.25, -0.2) is 0 Å². The van der Waals surface area contributed by atoms with E-state index in [2.05, 4.69) is 5.32 Å². The number of nitrogens with two attached hydrogens (primary N) is 2. The Kier molecular flexibility index (Phi) is 11.8. The number of amides is 2. The summed E-state index contributed by atoms with van der Waals surface area (Å²) in [4.78, 5) is 28.1. The molecule has 3 rings (SSSR count). The molecule has 0 bridgehead atoms. The summed E-state index contributed by atoms with van der Waals surface area (Å²) in [6.45, 7) is 2.56. The Balaban J connectivity index is 1.74. The minimum absolute atomic E-state index is 0.222. The Bertz CT molecular complexity index is 1230. The third-order valence-corrected chi connectivity index (χ3v) is 6.09. The molecule has 0 unspecified atom stereocenters. The molecule has 5 N–H and O–H groups in total. The summed E-state index contributed by atoms with van der Waals surface area (Å²) in [6.07, 6.45) is 2.48. The first kappa shape index (κ1) is 29.6. The van der Waals surface area contributed by atoms with Crippen LogP contribution < -0.4 is 31.2 Å². The van der Waals surface area contributed by atoms with Gasteiger partial charge in [-0.1, -0.05) is 30.3 Å². The summed E-state index contributed by atoms with van der Waals surface area (Å²) < 4.78 is 17.0. The van der Waals surface area contributed by atoms with E-state index in [-0.39, 0.29) is 11.8 Å². The number of para-hydroxylation sites is 2. The van der Waals surface area contributed by atoms with Crippen LogP contribution in [0.5, 0.6) is 11.5 Å². The van der Waals surface area contributed by atoms with Crippen molar-refractivity contribution in [2.24, 2.45) is 11.5 Å². The maximum absolute atomic E-state index is 13.4. The average molecular weight is 535 g/mol. The number of benzene rings is 3. The van der Waals surface area contributed by atoms with Crippen LogP contribution in [-0.2, 0) is 11.3 Å². The number of carbonyl (C=O) groups excluding carboxylic acids is 2. The highest BCUT2D eigenvalue weighted by Crippen LogP contribution is 2.29. The largest absolute Gasteiger partial charge is 0.495 e. The van der Waals surface area contributed by atoms with Crippen molar-refractivity contribution < 1.29 is 23.8 Å². The van der Waals surface area contributed by atoms with E-state index < -0.39 is 0 Å². The second-order valence-electron chi connectivity index (χ2n) is 8.90. The van der Waals surface area contributed by atoms with Gasteiger partial charge in [0, 0.05) is 30.5 Å². The van der Waals surface area contributed by atoms with E-state index >= 15 is 0 Å². The van der Waals surface area contributed by atoms with Crippen LogP contribution in [0.15, 0.2) is 66.7 Å². The van der Waals surface area contributed by atoms with E-state index in [0.717, 1.165) is 24.1 Å². The Hall–Kier alpha value is -3.92. The van der Waals surface area contributed by atoms with E-state index in [1.165, 1.54) is 7.11 Å². The molecule has 0 aromatic heterocycles. The van der Waals surface area contributed by atoms with Gasteiger partial charge in [-0.15, -0.1) is 0 Å². The zero-order valence-electron chi connectivity index (χ0n) is 22.7. The molecule has 9 heteroatoms. The van der Waals surface area contributed by atoms with Crippen molar-refractivity contribution in [2.45, 2.75) is 25.9 Å². The molecule has 0 aliphatic rings. The first-order chi connectivity index (χ1) is 19.0. The quantitative estimate of drug-likeness (QED) is 0.249. The second kappa shape index (κ2) is 15.5. The summed E-state index contributed by atoms with van der Waals surface area (Å²) in [5, 5.41) is 2.86. The van der Waals surface area contributed by atoms with Gasteiger partial charge in [-0.05, 0) is 68.8 Å². The van der Waals surface area contributed by atoms with Crippen LogP contribution in [0.4, 0.5) is 11.4 Å². The van der Waals surface area contributed by atoms with E-state index in [0.29, 0.717) is 67.6 Å². The lowest BCUT2D eigenvalue weighted by molar-refractivity contribution is 0.0988. The first-order valence-corrected chi connectivity index (χ1v) is 13.0. The highest BCUT2D eigenvalue weighted by molar-refractivity contribution is 6.09. The predicted octanol–water partition coefficient (Wildman–Crippen LogP) is 4.21. The van der Waals surface area contributed by atoms with Gasteiger partial charge < -0.3 is 35.9 Å². The minimum atomic E-state index is -0.353. The third-order valence-electron chi connectivity index (χ3n) is 6.09. The molecule has 208 valence electrons. The van der Waals surface area contributed by atoms with Gasteiger partial charge in [0.1, 0.15) is 11.5 Å².